The Labute approximate surface area is 173 Å². The van der Waals surface area contributed by atoms with Gasteiger partial charge >= 0.3 is 0 Å². The van der Waals surface area contributed by atoms with Crippen LogP contribution in [-0.2, 0) is 9.59 Å². The highest BCUT2D eigenvalue weighted by Gasteiger charge is 2.59. The monoisotopic (exact) mass is 386 g/mol. The quantitative estimate of drug-likeness (QED) is 0.566. The summed E-state index contributed by atoms with van der Waals surface area (Å²) in [6.45, 7) is 6.66. The van der Waals surface area contributed by atoms with Crippen LogP contribution in [0.1, 0.15) is 57.1 Å². The molecule has 0 unspecified atom stereocenters. The van der Waals surface area contributed by atoms with Crippen molar-refractivity contribution in [3.8, 4) is 0 Å². The fourth-order valence-corrected chi connectivity index (χ4v) is 6.93. The topological polar surface area (TPSA) is 34.1 Å². The summed E-state index contributed by atoms with van der Waals surface area (Å²) in [5, 5.41) is 0. The van der Waals surface area contributed by atoms with Gasteiger partial charge in [-0.05, 0) is 91.7 Å². The van der Waals surface area contributed by atoms with Crippen LogP contribution in [0.3, 0.4) is 0 Å². The third kappa shape index (κ3) is 2.68. The lowest BCUT2D eigenvalue weighted by molar-refractivity contribution is -0.129. The van der Waals surface area contributed by atoms with Crippen LogP contribution in [0.4, 0.5) is 0 Å². The fourth-order valence-electron chi connectivity index (χ4n) is 6.93. The average Bonchev–Trinajstić information content (AvgIpc) is 2.95. The van der Waals surface area contributed by atoms with Crippen LogP contribution < -0.4 is 0 Å². The van der Waals surface area contributed by atoms with Gasteiger partial charge in [0.15, 0.2) is 11.6 Å². The Morgan fingerprint density at radius 2 is 1.86 bits per heavy atom. The number of hydrogen-bond donors (Lipinski definition) is 0. The van der Waals surface area contributed by atoms with E-state index in [9.17, 15) is 9.59 Å². The molecule has 3 fully saturated rings. The van der Waals surface area contributed by atoms with E-state index >= 15 is 0 Å². The minimum Gasteiger partial charge on any atom is -0.294 e. The van der Waals surface area contributed by atoms with E-state index in [0.717, 1.165) is 37.7 Å². The van der Waals surface area contributed by atoms with E-state index in [4.69, 9.17) is 0 Å². The molecule has 0 spiro atoms. The Hall–Kier alpha value is -2.22. The Morgan fingerprint density at radius 3 is 2.66 bits per heavy atom. The van der Waals surface area contributed by atoms with Crippen molar-refractivity contribution in [2.45, 2.75) is 52.9 Å². The molecular weight excluding hydrogens is 356 g/mol. The molecule has 5 atom stereocenters. The van der Waals surface area contributed by atoms with Gasteiger partial charge in [0.2, 0.25) is 0 Å². The molecular formula is C27H30O2. The van der Waals surface area contributed by atoms with Crippen molar-refractivity contribution in [2.24, 2.45) is 28.6 Å². The minimum absolute atomic E-state index is 0.0102. The molecule has 0 aromatic heterocycles. The van der Waals surface area contributed by atoms with Crippen molar-refractivity contribution in [3.63, 3.8) is 0 Å². The maximum atomic E-state index is 13.5. The van der Waals surface area contributed by atoms with Crippen molar-refractivity contribution >= 4 is 17.6 Å². The Morgan fingerprint density at radius 1 is 1.07 bits per heavy atom. The Kier molecular flexibility index (Phi) is 4.14. The highest BCUT2D eigenvalue weighted by atomic mass is 16.1. The van der Waals surface area contributed by atoms with Gasteiger partial charge in [-0.2, -0.15) is 0 Å². The van der Waals surface area contributed by atoms with Crippen LogP contribution >= 0.6 is 0 Å². The van der Waals surface area contributed by atoms with Gasteiger partial charge in [0.1, 0.15) is 0 Å². The van der Waals surface area contributed by atoms with Crippen LogP contribution in [0.2, 0.25) is 0 Å². The van der Waals surface area contributed by atoms with Gasteiger partial charge in [-0.25, -0.2) is 0 Å². The van der Waals surface area contributed by atoms with Crippen LogP contribution in [-0.4, -0.2) is 11.6 Å². The van der Waals surface area contributed by atoms with Gasteiger partial charge in [0.05, 0.1) is 0 Å². The number of Topliss-reactive ketones (excluding diaryl/α,β-unsaturated/α-hetero) is 1. The molecule has 150 valence electrons. The highest BCUT2D eigenvalue weighted by Crippen LogP contribution is 2.64. The maximum absolute atomic E-state index is 13.5. The van der Waals surface area contributed by atoms with Gasteiger partial charge in [0, 0.05) is 10.8 Å². The second-order valence-corrected chi connectivity index (χ2v) is 10.1. The van der Waals surface area contributed by atoms with E-state index in [1.54, 1.807) is 6.08 Å². The molecule has 0 aliphatic heterocycles. The molecule has 0 bridgehead atoms. The molecule has 0 radical (unpaired) electrons. The molecule has 4 aliphatic carbocycles. The lowest BCUT2D eigenvalue weighted by Gasteiger charge is -2.55. The SMILES string of the molecule is Cc1ccccc1C=C1C[C@H]2[C@@H]3CCC4=CC(=O)C=C[C@]4(C)[C@H]3CC[C@]2(C)C1=O. The molecule has 2 heteroatoms. The van der Waals surface area contributed by atoms with Crippen molar-refractivity contribution in [3.05, 3.63) is 64.8 Å². The number of ketones is 2. The number of fused-ring (bicyclic) bond motifs is 5. The predicted molar refractivity (Wildman–Crippen MR) is 116 cm³/mol. The third-order valence-corrected chi connectivity index (χ3v) is 8.71. The van der Waals surface area contributed by atoms with Crippen molar-refractivity contribution in [2.75, 3.05) is 0 Å². The Balaban J connectivity index is 1.50. The van der Waals surface area contributed by atoms with Gasteiger partial charge in [0.25, 0.3) is 0 Å². The van der Waals surface area contributed by atoms with Crippen molar-refractivity contribution in [1.29, 1.82) is 0 Å². The highest BCUT2D eigenvalue weighted by molar-refractivity contribution is 6.06. The molecule has 0 saturated heterocycles. The van der Waals surface area contributed by atoms with E-state index < -0.39 is 0 Å². The third-order valence-electron chi connectivity index (χ3n) is 8.71. The lowest BCUT2D eigenvalue weighted by Crippen LogP contribution is -2.49. The summed E-state index contributed by atoms with van der Waals surface area (Å²) in [6, 6.07) is 8.33. The van der Waals surface area contributed by atoms with Crippen LogP contribution in [0.15, 0.2) is 53.6 Å². The van der Waals surface area contributed by atoms with Crippen LogP contribution in [0.25, 0.3) is 6.08 Å². The second-order valence-electron chi connectivity index (χ2n) is 10.1. The summed E-state index contributed by atoms with van der Waals surface area (Å²) in [5.74, 6) is 2.03. The normalized spacial score (nSPS) is 39.8. The zero-order valence-corrected chi connectivity index (χ0v) is 17.7. The summed E-state index contributed by atoms with van der Waals surface area (Å²) in [4.78, 5) is 25.4. The van der Waals surface area contributed by atoms with E-state index in [1.165, 1.54) is 16.7 Å². The number of carbonyl (C=O) groups is 2. The molecule has 3 saturated carbocycles. The molecule has 4 aliphatic rings. The molecule has 2 nitrogen and oxygen atoms in total. The van der Waals surface area contributed by atoms with Gasteiger partial charge in [-0.3, -0.25) is 9.59 Å². The minimum atomic E-state index is -0.221. The zero-order chi connectivity index (χ0) is 20.4. The summed E-state index contributed by atoms with van der Waals surface area (Å²) in [6.07, 6.45) is 13.0. The van der Waals surface area contributed by atoms with Crippen LogP contribution in [0, 0.1) is 35.5 Å². The van der Waals surface area contributed by atoms with Crippen molar-refractivity contribution < 1.29 is 9.59 Å². The van der Waals surface area contributed by atoms with Crippen molar-refractivity contribution in [1.82, 2.24) is 0 Å². The fraction of sp³-hybridized carbons (Fsp3) is 0.481. The molecule has 1 aromatic carbocycles. The van der Waals surface area contributed by atoms with E-state index in [-0.39, 0.29) is 16.6 Å². The number of carbonyl (C=O) groups excluding carboxylic acids is 2. The smallest absolute Gasteiger partial charge is 0.178 e. The summed E-state index contributed by atoms with van der Waals surface area (Å²) in [7, 11) is 0. The summed E-state index contributed by atoms with van der Waals surface area (Å²) in [5.41, 5.74) is 4.50. The summed E-state index contributed by atoms with van der Waals surface area (Å²) < 4.78 is 0. The number of aryl methyl sites for hydroxylation is 1. The first-order valence-corrected chi connectivity index (χ1v) is 11.1. The average molecular weight is 387 g/mol. The number of hydrogen-bond acceptors (Lipinski definition) is 2. The van der Waals surface area contributed by atoms with E-state index in [1.807, 2.05) is 6.08 Å². The first-order chi connectivity index (χ1) is 13.8. The largest absolute Gasteiger partial charge is 0.294 e. The molecule has 0 N–H and O–H groups in total. The molecule has 1 aromatic rings. The zero-order valence-electron chi connectivity index (χ0n) is 17.7. The summed E-state index contributed by atoms with van der Waals surface area (Å²) >= 11 is 0. The number of benzene rings is 1. The van der Waals surface area contributed by atoms with Gasteiger partial charge in [-0.1, -0.05) is 49.8 Å². The van der Waals surface area contributed by atoms with Crippen LogP contribution in [0.5, 0.6) is 0 Å². The molecule has 29 heavy (non-hydrogen) atoms. The van der Waals surface area contributed by atoms with E-state index in [0.29, 0.717) is 23.5 Å². The first-order valence-electron chi connectivity index (χ1n) is 11.1. The molecule has 0 heterocycles. The van der Waals surface area contributed by atoms with E-state index in [2.05, 4.69) is 57.2 Å². The Bertz CT molecular complexity index is 994. The maximum Gasteiger partial charge on any atom is 0.178 e. The first kappa shape index (κ1) is 18.8. The standard InChI is InChI=1S/C27H30O2/c1-17-6-4-5-7-18(17)14-19-15-24-22-9-8-20-16-21(28)10-12-26(20,2)23(22)11-13-27(24,3)25(19)29/h4-7,10,12,14,16,22-24H,8-9,11,13,15H2,1-3H3/t22-,23+,24+,26+,27+/m1/s1. The second kappa shape index (κ2) is 6.39. The lowest BCUT2D eigenvalue weighted by atomic mass is 9.48. The number of rotatable bonds is 1. The van der Waals surface area contributed by atoms with Gasteiger partial charge < -0.3 is 0 Å². The molecule has 5 rings (SSSR count). The predicted octanol–water partition coefficient (Wildman–Crippen LogP) is 5.87. The molecule has 0 amide bonds. The van der Waals surface area contributed by atoms with Gasteiger partial charge in [-0.15, -0.1) is 0 Å². The number of allylic oxidation sites excluding steroid dienone is 5.